The molecule has 3 N–H and O–H groups in total. The van der Waals surface area contributed by atoms with Crippen molar-refractivity contribution >= 4 is 23.3 Å². The molecular weight excluding hydrogens is 240 g/mol. The predicted octanol–water partition coefficient (Wildman–Crippen LogP) is 2.69. The zero-order chi connectivity index (χ0) is 12.9. The molecule has 1 aromatic carbocycles. The molecule has 0 saturated heterocycles. The van der Waals surface area contributed by atoms with E-state index in [-0.39, 0.29) is 0 Å². The molecule has 0 unspecified atom stereocenters. The molecule has 2 heterocycles. The van der Waals surface area contributed by atoms with Gasteiger partial charge in [0.15, 0.2) is 5.82 Å². The van der Waals surface area contributed by atoms with Gasteiger partial charge >= 0.3 is 0 Å². The van der Waals surface area contributed by atoms with E-state index in [2.05, 4.69) is 30.8 Å². The Hall–Kier alpha value is -2.89. The Labute approximate surface area is 109 Å². The Morgan fingerprint density at radius 2 is 1.79 bits per heavy atom. The molecular formula is C13H12N6. The van der Waals surface area contributed by atoms with Crippen LogP contribution in [0.1, 0.15) is 0 Å². The van der Waals surface area contributed by atoms with Crippen LogP contribution in [0.5, 0.6) is 0 Å². The highest BCUT2D eigenvalue weighted by atomic mass is 15.2. The molecule has 0 bridgehead atoms. The summed E-state index contributed by atoms with van der Waals surface area (Å²) < 4.78 is 0. The summed E-state index contributed by atoms with van der Waals surface area (Å²) in [7, 11) is 0. The fourth-order valence-corrected chi connectivity index (χ4v) is 1.60. The number of para-hydroxylation sites is 1. The average molecular weight is 252 g/mol. The number of nitrogens with zero attached hydrogens (tertiary/aromatic N) is 3. The van der Waals surface area contributed by atoms with E-state index in [1.807, 2.05) is 36.4 Å². The summed E-state index contributed by atoms with van der Waals surface area (Å²) in [5.74, 6) is 1.93. The molecule has 6 heteroatoms. The molecule has 19 heavy (non-hydrogen) atoms. The summed E-state index contributed by atoms with van der Waals surface area (Å²) in [5, 5.41) is 13.0. The van der Waals surface area contributed by atoms with Crippen molar-refractivity contribution in [1.29, 1.82) is 0 Å². The number of aromatic nitrogens is 4. The van der Waals surface area contributed by atoms with Crippen molar-refractivity contribution in [2.24, 2.45) is 0 Å². The fraction of sp³-hybridized carbons (Fsp3) is 0. The predicted molar refractivity (Wildman–Crippen MR) is 73.6 cm³/mol. The van der Waals surface area contributed by atoms with Gasteiger partial charge in [-0.2, -0.15) is 10.1 Å². The minimum atomic E-state index is 0.534. The maximum Gasteiger partial charge on any atom is 0.229 e. The van der Waals surface area contributed by atoms with Gasteiger partial charge in [0.05, 0.1) is 0 Å². The Bertz CT molecular complexity index is 635. The highest BCUT2D eigenvalue weighted by Crippen LogP contribution is 2.15. The van der Waals surface area contributed by atoms with Crippen molar-refractivity contribution < 1.29 is 0 Å². The lowest BCUT2D eigenvalue weighted by molar-refractivity contribution is 1.08. The highest BCUT2D eigenvalue weighted by Gasteiger charge is 2.01. The van der Waals surface area contributed by atoms with E-state index in [0.717, 1.165) is 5.69 Å². The van der Waals surface area contributed by atoms with Gasteiger partial charge in [0, 0.05) is 24.1 Å². The van der Waals surface area contributed by atoms with Gasteiger partial charge < -0.3 is 10.6 Å². The molecule has 2 aromatic heterocycles. The Kier molecular flexibility index (Phi) is 3.05. The van der Waals surface area contributed by atoms with Crippen LogP contribution in [0.3, 0.4) is 0 Å². The minimum absolute atomic E-state index is 0.534. The van der Waals surface area contributed by atoms with E-state index >= 15 is 0 Å². The number of anilines is 4. The molecule has 3 rings (SSSR count). The van der Waals surface area contributed by atoms with Crippen LogP contribution in [0.4, 0.5) is 23.3 Å². The van der Waals surface area contributed by atoms with Crippen LogP contribution in [0.15, 0.2) is 54.9 Å². The van der Waals surface area contributed by atoms with E-state index < -0.39 is 0 Å². The van der Waals surface area contributed by atoms with Gasteiger partial charge in [0.2, 0.25) is 5.95 Å². The number of nitrogens with one attached hydrogen (secondary N) is 3. The number of hydrogen-bond acceptors (Lipinski definition) is 5. The molecule has 0 spiro atoms. The third kappa shape index (κ3) is 2.86. The largest absolute Gasteiger partial charge is 0.324 e. The van der Waals surface area contributed by atoms with E-state index in [0.29, 0.717) is 17.6 Å². The van der Waals surface area contributed by atoms with Crippen molar-refractivity contribution in [1.82, 2.24) is 20.2 Å². The van der Waals surface area contributed by atoms with Crippen LogP contribution in [0.2, 0.25) is 0 Å². The molecule has 0 radical (unpaired) electrons. The second-order valence-electron chi connectivity index (χ2n) is 3.84. The SMILES string of the molecule is c1ccc(Nc2nccc(Nc3cc[nH]n3)n2)cc1. The van der Waals surface area contributed by atoms with E-state index in [1.54, 1.807) is 18.5 Å². The maximum atomic E-state index is 4.36. The number of rotatable bonds is 4. The first-order chi connectivity index (χ1) is 9.40. The molecule has 0 amide bonds. The first-order valence-electron chi connectivity index (χ1n) is 5.82. The van der Waals surface area contributed by atoms with Crippen LogP contribution >= 0.6 is 0 Å². The summed E-state index contributed by atoms with van der Waals surface area (Å²) in [6.45, 7) is 0. The van der Waals surface area contributed by atoms with Gasteiger partial charge in [0.1, 0.15) is 5.82 Å². The van der Waals surface area contributed by atoms with Crippen LogP contribution in [0.25, 0.3) is 0 Å². The second kappa shape index (κ2) is 5.18. The van der Waals surface area contributed by atoms with Crippen molar-refractivity contribution in [2.45, 2.75) is 0 Å². The molecule has 0 aliphatic rings. The maximum absolute atomic E-state index is 4.36. The van der Waals surface area contributed by atoms with Gasteiger partial charge in [-0.15, -0.1) is 0 Å². The Balaban J connectivity index is 1.76. The van der Waals surface area contributed by atoms with Gasteiger partial charge in [0.25, 0.3) is 0 Å². The molecule has 0 fully saturated rings. The molecule has 94 valence electrons. The minimum Gasteiger partial charge on any atom is -0.324 e. The number of benzene rings is 1. The average Bonchev–Trinajstić information content (AvgIpc) is 2.93. The summed E-state index contributed by atoms with van der Waals surface area (Å²) >= 11 is 0. The van der Waals surface area contributed by atoms with Gasteiger partial charge in [-0.05, 0) is 18.2 Å². The fourth-order valence-electron chi connectivity index (χ4n) is 1.60. The van der Waals surface area contributed by atoms with Crippen molar-refractivity contribution in [3.8, 4) is 0 Å². The number of aromatic amines is 1. The molecule has 3 aromatic rings. The topological polar surface area (TPSA) is 78.5 Å². The quantitative estimate of drug-likeness (QED) is 0.665. The third-order valence-corrected chi connectivity index (χ3v) is 2.44. The summed E-state index contributed by atoms with van der Waals surface area (Å²) in [4.78, 5) is 8.53. The third-order valence-electron chi connectivity index (χ3n) is 2.44. The standard InChI is InChI=1S/C13H12N6/c1-2-4-10(5-3-1)16-13-14-8-6-11(18-13)17-12-7-9-15-19-12/h1-9H,(H3,14,15,16,17,18,19). The zero-order valence-electron chi connectivity index (χ0n) is 10.0. The first-order valence-corrected chi connectivity index (χ1v) is 5.82. The molecule has 0 aliphatic heterocycles. The lowest BCUT2D eigenvalue weighted by atomic mass is 10.3. The van der Waals surface area contributed by atoms with Crippen LogP contribution in [-0.4, -0.2) is 20.2 Å². The lowest BCUT2D eigenvalue weighted by Gasteiger charge is -2.06. The highest BCUT2D eigenvalue weighted by molar-refractivity contribution is 5.56. The van der Waals surface area contributed by atoms with Crippen LogP contribution in [0, 0.1) is 0 Å². The summed E-state index contributed by atoms with van der Waals surface area (Å²) in [6.07, 6.45) is 3.43. The molecule has 0 saturated carbocycles. The van der Waals surface area contributed by atoms with E-state index in [9.17, 15) is 0 Å². The number of hydrogen-bond donors (Lipinski definition) is 3. The van der Waals surface area contributed by atoms with Gasteiger partial charge in [-0.25, -0.2) is 4.98 Å². The summed E-state index contributed by atoms with van der Waals surface area (Å²) in [5.41, 5.74) is 0.944. The zero-order valence-corrected chi connectivity index (χ0v) is 10.0. The Morgan fingerprint density at radius 1 is 0.895 bits per heavy atom. The van der Waals surface area contributed by atoms with Crippen molar-refractivity contribution in [3.05, 3.63) is 54.9 Å². The normalized spacial score (nSPS) is 10.1. The lowest BCUT2D eigenvalue weighted by Crippen LogP contribution is -2.00. The van der Waals surface area contributed by atoms with Gasteiger partial charge in [-0.1, -0.05) is 18.2 Å². The second-order valence-corrected chi connectivity index (χ2v) is 3.84. The van der Waals surface area contributed by atoms with Crippen molar-refractivity contribution in [3.63, 3.8) is 0 Å². The molecule has 0 aliphatic carbocycles. The Morgan fingerprint density at radius 3 is 2.58 bits per heavy atom. The summed E-state index contributed by atoms with van der Waals surface area (Å²) in [6, 6.07) is 13.4. The van der Waals surface area contributed by atoms with Crippen LogP contribution in [-0.2, 0) is 0 Å². The van der Waals surface area contributed by atoms with Crippen molar-refractivity contribution in [2.75, 3.05) is 10.6 Å². The molecule has 0 atom stereocenters. The van der Waals surface area contributed by atoms with Crippen LogP contribution < -0.4 is 10.6 Å². The smallest absolute Gasteiger partial charge is 0.229 e. The van der Waals surface area contributed by atoms with E-state index in [4.69, 9.17) is 0 Å². The van der Waals surface area contributed by atoms with Gasteiger partial charge in [-0.3, -0.25) is 5.10 Å². The number of H-pyrrole nitrogens is 1. The first kappa shape index (κ1) is 11.2. The monoisotopic (exact) mass is 252 g/mol. The molecule has 6 nitrogen and oxygen atoms in total. The van der Waals surface area contributed by atoms with E-state index in [1.165, 1.54) is 0 Å².